The van der Waals surface area contributed by atoms with E-state index >= 15 is 0 Å². The van der Waals surface area contributed by atoms with Gasteiger partial charge in [0, 0.05) is 11.3 Å². The van der Waals surface area contributed by atoms with Crippen LogP contribution in [0.25, 0.3) is 0 Å². The van der Waals surface area contributed by atoms with Crippen LogP contribution in [0.1, 0.15) is 21.5 Å². The molecule has 0 aliphatic heterocycles. The zero-order valence-corrected chi connectivity index (χ0v) is 11.0. The van der Waals surface area contributed by atoms with Crippen molar-refractivity contribution in [3.8, 4) is 0 Å². The molecule has 0 aromatic heterocycles. The van der Waals surface area contributed by atoms with Crippen molar-refractivity contribution in [1.82, 2.24) is 0 Å². The van der Waals surface area contributed by atoms with E-state index < -0.39 is 0 Å². The summed E-state index contributed by atoms with van der Waals surface area (Å²) < 4.78 is 12.8. The fourth-order valence-corrected chi connectivity index (χ4v) is 1.86. The molecule has 0 fully saturated rings. The van der Waals surface area contributed by atoms with Gasteiger partial charge in [0.15, 0.2) is 5.78 Å². The number of hydrogen-bond donors (Lipinski definition) is 1. The summed E-state index contributed by atoms with van der Waals surface area (Å²) in [6.45, 7) is 4.25. The number of halogens is 1. The van der Waals surface area contributed by atoms with Gasteiger partial charge in [0.25, 0.3) is 0 Å². The lowest BCUT2D eigenvalue weighted by Gasteiger charge is -2.10. The molecule has 1 N–H and O–H groups in total. The summed E-state index contributed by atoms with van der Waals surface area (Å²) in [4.78, 5) is 11.9. The second kappa shape index (κ2) is 5.65. The van der Waals surface area contributed by atoms with Crippen LogP contribution in [0.4, 0.5) is 10.1 Å². The molecule has 2 aromatic rings. The number of hydrogen-bond acceptors (Lipinski definition) is 2. The number of carbonyl (C=O) groups is 1. The summed E-state index contributed by atoms with van der Waals surface area (Å²) in [5.41, 5.74) is 3.78. The van der Waals surface area contributed by atoms with E-state index in [-0.39, 0.29) is 18.1 Å². The van der Waals surface area contributed by atoms with Crippen LogP contribution < -0.4 is 5.32 Å². The number of carbonyl (C=O) groups excluding carboxylic acids is 1. The Morgan fingerprint density at radius 1 is 1.11 bits per heavy atom. The molecule has 0 atom stereocenters. The van der Waals surface area contributed by atoms with E-state index in [0.29, 0.717) is 5.56 Å². The van der Waals surface area contributed by atoms with E-state index in [2.05, 4.69) is 5.32 Å². The maximum absolute atomic E-state index is 12.8. The Morgan fingerprint density at radius 2 is 1.79 bits per heavy atom. The van der Waals surface area contributed by atoms with Crippen LogP contribution in [0.15, 0.2) is 42.5 Å². The van der Waals surface area contributed by atoms with Gasteiger partial charge in [-0.3, -0.25) is 4.79 Å². The van der Waals surface area contributed by atoms with Gasteiger partial charge in [-0.05, 0) is 55.3 Å². The first-order valence-electron chi connectivity index (χ1n) is 6.17. The Labute approximate surface area is 112 Å². The van der Waals surface area contributed by atoms with Crippen LogP contribution in [0.5, 0.6) is 0 Å². The van der Waals surface area contributed by atoms with Crippen molar-refractivity contribution >= 4 is 11.5 Å². The SMILES string of the molecule is Cc1cccc(NCC(=O)c2ccc(F)cc2)c1C. The van der Waals surface area contributed by atoms with Gasteiger partial charge in [0.2, 0.25) is 0 Å². The van der Waals surface area contributed by atoms with E-state index in [1.54, 1.807) is 0 Å². The van der Waals surface area contributed by atoms with E-state index in [4.69, 9.17) is 0 Å². The number of Topliss-reactive ketones (excluding diaryl/α,β-unsaturated/α-hetero) is 1. The van der Waals surface area contributed by atoms with Gasteiger partial charge in [-0.2, -0.15) is 0 Å². The first-order chi connectivity index (χ1) is 9.08. The molecular formula is C16H16FNO. The number of nitrogens with one attached hydrogen (secondary N) is 1. The fraction of sp³-hybridized carbons (Fsp3) is 0.188. The van der Waals surface area contributed by atoms with Gasteiger partial charge < -0.3 is 5.32 Å². The number of aryl methyl sites for hydroxylation is 1. The van der Waals surface area contributed by atoms with E-state index in [1.807, 2.05) is 32.0 Å². The Kier molecular flexibility index (Phi) is 3.95. The molecule has 19 heavy (non-hydrogen) atoms. The van der Waals surface area contributed by atoms with Gasteiger partial charge in [-0.15, -0.1) is 0 Å². The van der Waals surface area contributed by atoms with Crippen LogP contribution in [0.2, 0.25) is 0 Å². The minimum atomic E-state index is -0.334. The molecule has 2 nitrogen and oxygen atoms in total. The fourth-order valence-electron chi connectivity index (χ4n) is 1.86. The minimum Gasteiger partial charge on any atom is -0.377 e. The molecule has 2 aromatic carbocycles. The zero-order valence-electron chi connectivity index (χ0n) is 11.0. The summed E-state index contributed by atoms with van der Waals surface area (Å²) in [6, 6.07) is 11.5. The second-order valence-corrected chi connectivity index (χ2v) is 4.53. The number of ketones is 1. The largest absolute Gasteiger partial charge is 0.377 e. The summed E-state index contributed by atoms with van der Waals surface area (Å²) in [5.74, 6) is -0.389. The monoisotopic (exact) mass is 257 g/mol. The molecule has 0 aliphatic rings. The smallest absolute Gasteiger partial charge is 0.181 e. The molecule has 0 amide bonds. The van der Waals surface area contributed by atoms with Gasteiger partial charge in [0.1, 0.15) is 5.82 Å². The lowest BCUT2D eigenvalue weighted by Crippen LogP contribution is -2.14. The predicted octanol–water partition coefficient (Wildman–Crippen LogP) is 3.74. The summed E-state index contributed by atoms with van der Waals surface area (Å²) in [5, 5.41) is 3.12. The maximum Gasteiger partial charge on any atom is 0.181 e. The highest BCUT2D eigenvalue weighted by atomic mass is 19.1. The van der Waals surface area contributed by atoms with E-state index in [0.717, 1.165) is 11.3 Å². The number of benzene rings is 2. The zero-order chi connectivity index (χ0) is 13.8. The molecule has 0 saturated carbocycles. The summed E-state index contributed by atoms with van der Waals surface area (Å²) >= 11 is 0. The Bertz CT molecular complexity index is 590. The van der Waals surface area contributed by atoms with Gasteiger partial charge >= 0.3 is 0 Å². The molecule has 0 unspecified atom stereocenters. The molecule has 0 heterocycles. The highest BCUT2D eigenvalue weighted by Gasteiger charge is 2.07. The second-order valence-electron chi connectivity index (χ2n) is 4.53. The van der Waals surface area contributed by atoms with Crippen LogP contribution in [-0.4, -0.2) is 12.3 Å². The molecule has 0 bridgehead atoms. The van der Waals surface area contributed by atoms with Crippen molar-refractivity contribution in [2.45, 2.75) is 13.8 Å². The highest BCUT2D eigenvalue weighted by Crippen LogP contribution is 2.17. The van der Waals surface area contributed by atoms with Crippen molar-refractivity contribution in [2.75, 3.05) is 11.9 Å². The first-order valence-corrected chi connectivity index (χ1v) is 6.17. The topological polar surface area (TPSA) is 29.1 Å². The molecule has 0 aliphatic carbocycles. The van der Waals surface area contributed by atoms with Crippen molar-refractivity contribution < 1.29 is 9.18 Å². The van der Waals surface area contributed by atoms with Crippen molar-refractivity contribution in [3.63, 3.8) is 0 Å². The molecule has 0 spiro atoms. The van der Waals surface area contributed by atoms with Crippen LogP contribution in [-0.2, 0) is 0 Å². The molecule has 0 saturated heterocycles. The standard InChI is InChI=1S/C16H16FNO/c1-11-4-3-5-15(12(11)2)18-10-16(19)13-6-8-14(17)9-7-13/h3-9,18H,10H2,1-2H3. The van der Waals surface area contributed by atoms with Crippen molar-refractivity contribution in [3.05, 3.63) is 65.0 Å². The Morgan fingerprint density at radius 3 is 2.47 bits per heavy atom. The first kappa shape index (κ1) is 13.3. The lowest BCUT2D eigenvalue weighted by molar-refractivity contribution is 0.101. The number of rotatable bonds is 4. The highest BCUT2D eigenvalue weighted by molar-refractivity contribution is 5.99. The Hall–Kier alpha value is -2.16. The van der Waals surface area contributed by atoms with Crippen molar-refractivity contribution in [2.24, 2.45) is 0 Å². The third-order valence-corrected chi connectivity index (χ3v) is 3.21. The summed E-state index contributed by atoms with van der Waals surface area (Å²) in [6.07, 6.45) is 0. The maximum atomic E-state index is 12.8. The Balaban J connectivity index is 2.04. The van der Waals surface area contributed by atoms with Crippen LogP contribution in [0.3, 0.4) is 0 Å². The van der Waals surface area contributed by atoms with Gasteiger partial charge in [-0.1, -0.05) is 12.1 Å². The molecule has 98 valence electrons. The molecule has 0 radical (unpaired) electrons. The summed E-state index contributed by atoms with van der Waals surface area (Å²) in [7, 11) is 0. The van der Waals surface area contributed by atoms with E-state index in [1.165, 1.54) is 29.8 Å². The third-order valence-electron chi connectivity index (χ3n) is 3.21. The van der Waals surface area contributed by atoms with E-state index in [9.17, 15) is 9.18 Å². The molecule has 3 heteroatoms. The average Bonchev–Trinajstić information content (AvgIpc) is 2.41. The molecular weight excluding hydrogens is 241 g/mol. The van der Waals surface area contributed by atoms with Gasteiger partial charge in [-0.25, -0.2) is 4.39 Å². The van der Waals surface area contributed by atoms with Crippen LogP contribution in [0, 0.1) is 19.7 Å². The van der Waals surface area contributed by atoms with Gasteiger partial charge in [0.05, 0.1) is 6.54 Å². The average molecular weight is 257 g/mol. The quantitative estimate of drug-likeness (QED) is 0.845. The van der Waals surface area contributed by atoms with Crippen LogP contribution >= 0.6 is 0 Å². The lowest BCUT2D eigenvalue weighted by atomic mass is 10.1. The predicted molar refractivity (Wildman–Crippen MR) is 75.1 cm³/mol. The third kappa shape index (κ3) is 3.19. The van der Waals surface area contributed by atoms with Crippen molar-refractivity contribution in [1.29, 1.82) is 0 Å². The minimum absolute atomic E-state index is 0.0547. The molecule has 2 rings (SSSR count). The number of anilines is 1. The normalized spacial score (nSPS) is 10.3.